The van der Waals surface area contributed by atoms with Gasteiger partial charge in [-0.1, -0.05) is 48.5 Å². The van der Waals surface area contributed by atoms with E-state index in [1.165, 1.54) is 12.1 Å². The minimum Gasteiger partial charge on any atom is -0.405 e. The molecular formula is C15H11F3O2. The van der Waals surface area contributed by atoms with Crippen LogP contribution < -0.4 is 4.74 Å². The van der Waals surface area contributed by atoms with Gasteiger partial charge in [0.2, 0.25) is 0 Å². The summed E-state index contributed by atoms with van der Waals surface area (Å²) < 4.78 is 41.8. The van der Waals surface area contributed by atoms with E-state index in [4.69, 9.17) is 0 Å². The first-order chi connectivity index (χ1) is 9.51. The molecule has 0 aliphatic heterocycles. The monoisotopic (exact) mass is 280 g/mol. The van der Waals surface area contributed by atoms with Crippen molar-refractivity contribution < 1.29 is 22.7 Å². The molecule has 0 aliphatic rings. The highest BCUT2D eigenvalue weighted by molar-refractivity contribution is 5.74. The summed E-state index contributed by atoms with van der Waals surface area (Å²) in [5.74, 6) is -0.321. The van der Waals surface area contributed by atoms with Gasteiger partial charge in [0.05, 0.1) is 0 Å². The minimum atomic E-state index is -4.80. The van der Waals surface area contributed by atoms with Crippen LogP contribution in [0, 0.1) is 0 Å². The van der Waals surface area contributed by atoms with Crippen LogP contribution in [0.3, 0.4) is 0 Å². The molecule has 2 nitrogen and oxygen atoms in total. The van der Waals surface area contributed by atoms with Gasteiger partial charge in [0.1, 0.15) is 12.0 Å². The van der Waals surface area contributed by atoms with Crippen molar-refractivity contribution in [1.82, 2.24) is 0 Å². The Hall–Kier alpha value is -2.30. The first-order valence-electron chi connectivity index (χ1n) is 5.88. The van der Waals surface area contributed by atoms with E-state index in [-0.39, 0.29) is 17.7 Å². The van der Waals surface area contributed by atoms with Crippen molar-refractivity contribution in [1.29, 1.82) is 0 Å². The predicted octanol–water partition coefficient (Wildman–Crippen LogP) is 3.99. The van der Waals surface area contributed by atoms with E-state index in [0.29, 0.717) is 17.4 Å². The van der Waals surface area contributed by atoms with Gasteiger partial charge in [-0.2, -0.15) is 0 Å². The zero-order valence-corrected chi connectivity index (χ0v) is 10.4. The van der Waals surface area contributed by atoms with Gasteiger partial charge in [-0.25, -0.2) is 0 Å². The van der Waals surface area contributed by atoms with E-state index in [1.807, 2.05) is 0 Å². The van der Waals surface area contributed by atoms with Crippen molar-refractivity contribution in [2.75, 3.05) is 0 Å². The van der Waals surface area contributed by atoms with Crippen LogP contribution in [0.25, 0.3) is 11.1 Å². The molecule has 104 valence electrons. The predicted molar refractivity (Wildman–Crippen MR) is 68.3 cm³/mol. The molecule has 0 aliphatic carbocycles. The highest BCUT2D eigenvalue weighted by Gasteiger charge is 2.33. The third-order valence-corrected chi connectivity index (χ3v) is 2.70. The first-order valence-corrected chi connectivity index (χ1v) is 5.88. The molecule has 0 amide bonds. The van der Waals surface area contributed by atoms with Crippen molar-refractivity contribution in [3.63, 3.8) is 0 Å². The van der Waals surface area contributed by atoms with E-state index in [0.717, 1.165) is 0 Å². The number of carbonyl (C=O) groups is 1. The summed E-state index contributed by atoms with van der Waals surface area (Å²) in [6, 6.07) is 13.2. The second kappa shape index (κ2) is 5.77. The van der Waals surface area contributed by atoms with Gasteiger partial charge < -0.3 is 9.53 Å². The van der Waals surface area contributed by atoms with Gasteiger partial charge in [0.25, 0.3) is 0 Å². The molecule has 0 N–H and O–H groups in total. The van der Waals surface area contributed by atoms with Crippen LogP contribution in [0.4, 0.5) is 13.2 Å². The van der Waals surface area contributed by atoms with Crippen molar-refractivity contribution in [3.05, 3.63) is 54.1 Å². The van der Waals surface area contributed by atoms with E-state index in [1.54, 1.807) is 36.4 Å². The number of benzene rings is 2. The quantitative estimate of drug-likeness (QED) is 0.791. The van der Waals surface area contributed by atoms with Gasteiger partial charge in [-0.15, -0.1) is 13.2 Å². The second-order valence-electron chi connectivity index (χ2n) is 4.08. The molecule has 0 unspecified atom stereocenters. The summed E-state index contributed by atoms with van der Waals surface area (Å²) in [5, 5.41) is 0. The van der Waals surface area contributed by atoms with Gasteiger partial charge in [0.15, 0.2) is 0 Å². The van der Waals surface area contributed by atoms with Crippen LogP contribution in [0.1, 0.15) is 5.56 Å². The average Bonchev–Trinajstić information content (AvgIpc) is 2.40. The minimum absolute atomic E-state index is 0.133. The standard InChI is InChI=1S/C15H11F3O2/c16-15(17,18)20-14-12(9-10-19)7-4-8-13(14)11-5-2-1-3-6-11/h1-8,10H,9H2. The van der Waals surface area contributed by atoms with Gasteiger partial charge in [-0.05, 0) is 5.56 Å². The topological polar surface area (TPSA) is 26.3 Å². The normalized spacial score (nSPS) is 11.2. The fourth-order valence-corrected chi connectivity index (χ4v) is 1.92. The van der Waals surface area contributed by atoms with Crippen LogP contribution in [-0.2, 0) is 11.2 Å². The van der Waals surface area contributed by atoms with Gasteiger partial charge >= 0.3 is 6.36 Å². The lowest BCUT2D eigenvalue weighted by Crippen LogP contribution is -2.19. The molecule has 20 heavy (non-hydrogen) atoms. The highest BCUT2D eigenvalue weighted by atomic mass is 19.4. The maximum absolute atomic E-state index is 12.5. The van der Waals surface area contributed by atoms with Crippen molar-refractivity contribution in [3.8, 4) is 16.9 Å². The second-order valence-corrected chi connectivity index (χ2v) is 4.08. The van der Waals surface area contributed by atoms with Crippen LogP contribution >= 0.6 is 0 Å². The SMILES string of the molecule is O=CCc1cccc(-c2ccccc2)c1OC(F)(F)F. The fraction of sp³-hybridized carbons (Fsp3) is 0.133. The number of carbonyl (C=O) groups excluding carboxylic acids is 1. The molecule has 2 aromatic carbocycles. The third-order valence-electron chi connectivity index (χ3n) is 2.70. The fourth-order valence-electron chi connectivity index (χ4n) is 1.92. The molecule has 2 aromatic rings. The maximum atomic E-state index is 12.5. The van der Waals surface area contributed by atoms with Crippen molar-refractivity contribution in [2.24, 2.45) is 0 Å². The molecule has 0 heterocycles. The summed E-state index contributed by atoms with van der Waals surface area (Å²) in [5.41, 5.74) is 1.11. The Bertz CT molecular complexity index is 592. The lowest BCUT2D eigenvalue weighted by molar-refractivity contribution is -0.274. The van der Waals surface area contributed by atoms with Crippen LogP contribution in [0.5, 0.6) is 5.75 Å². The van der Waals surface area contributed by atoms with Gasteiger partial charge in [-0.3, -0.25) is 0 Å². The lowest BCUT2D eigenvalue weighted by Gasteiger charge is -2.16. The Morgan fingerprint density at radius 2 is 1.70 bits per heavy atom. The Kier molecular flexibility index (Phi) is 4.08. The number of hydrogen-bond acceptors (Lipinski definition) is 2. The zero-order chi connectivity index (χ0) is 14.6. The average molecular weight is 280 g/mol. The highest BCUT2D eigenvalue weighted by Crippen LogP contribution is 2.36. The summed E-state index contributed by atoms with van der Waals surface area (Å²) in [6.45, 7) is 0. The third kappa shape index (κ3) is 3.38. The smallest absolute Gasteiger partial charge is 0.405 e. The Morgan fingerprint density at radius 3 is 2.30 bits per heavy atom. The first kappa shape index (κ1) is 14.1. The zero-order valence-electron chi connectivity index (χ0n) is 10.4. The summed E-state index contributed by atoms with van der Waals surface area (Å²) in [7, 11) is 0. The molecule has 2 rings (SSSR count). The van der Waals surface area contributed by atoms with E-state index < -0.39 is 6.36 Å². The summed E-state index contributed by atoms with van der Waals surface area (Å²) in [6.07, 6.45) is -4.39. The number of rotatable bonds is 4. The van der Waals surface area contributed by atoms with E-state index >= 15 is 0 Å². The molecule has 0 saturated heterocycles. The van der Waals surface area contributed by atoms with Crippen molar-refractivity contribution in [2.45, 2.75) is 12.8 Å². The number of hydrogen-bond donors (Lipinski definition) is 0. The maximum Gasteiger partial charge on any atom is 0.573 e. The Balaban J connectivity index is 2.55. The number of aldehydes is 1. The number of alkyl halides is 3. The molecule has 5 heteroatoms. The molecular weight excluding hydrogens is 269 g/mol. The number of para-hydroxylation sites is 1. The Labute approximate surface area is 113 Å². The number of halogens is 3. The summed E-state index contributed by atoms with van der Waals surface area (Å²) >= 11 is 0. The van der Waals surface area contributed by atoms with Crippen molar-refractivity contribution >= 4 is 6.29 Å². The molecule has 0 bridgehead atoms. The van der Waals surface area contributed by atoms with Crippen LogP contribution in [0.2, 0.25) is 0 Å². The molecule has 0 spiro atoms. The number of ether oxygens (including phenoxy) is 1. The van der Waals surface area contributed by atoms with E-state index in [2.05, 4.69) is 4.74 Å². The van der Waals surface area contributed by atoms with Crippen LogP contribution in [-0.4, -0.2) is 12.6 Å². The Morgan fingerprint density at radius 1 is 1.00 bits per heavy atom. The summed E-state index contributed by atoms with van der Waals surface area (Å²) in [4.78, 5) is 10.6. The molecule has 0 atom stereocenters. The molecule has 0 saturated carbocycles. The van der Waals surface area contributed by atoms with Gasteiger partial charge in [0, 0.05) is 17.5 Å². The molecule has 0 fully saturated rings. The largest absolute Gasteiger partial charge is 0.573 e. The lowest BCUT2D eigenvalue weighted by atomic mass is 10.0. The molecule has 0 radical (unpaired) electrons. The van der Waals surface area contributed by atoms with E-state index in [9.17, 15) is 18.0 Å². The van der Waals surface area contributed by atoms with Crippen LogP contribution in [0.15, 0.2) is 48.5 Å². The molecule has 0 aromatic heterocycles.